The van der Waals surface area contributed by atoms with Gasteiger partial charge in [0.05, 0.1) is 4.99 Å². The van der Waals surface area contributed by atoms with Gasteiger partial charge in [-0.3, -0.25) is 0 Å². The van der Waals surface area contributed by atoms with E-state index < -0.39 is 0 Å². The molecule has 0 atom stereocenters. The Kier molecular flexibility index (Phi) is 5.02. The molecule has 98 valence electrons. The second-order valence-electron chi connectivity index (χ2n) is 5.10. The number of halogens is 1. The molecule has 0 bridgehead atoms. The molecular weight excluding hydrogens is 262 g/mol. The van der Waals surface area contributed by atoms with Crippen molar-refractivity contribution >= 4 is 28.8 Å². The smallest absolute Gasteiger partial charge is 0.0823 e. The summed E-state index contributed by atoms with van der Waals surface area (Å²) in [5, 5.41) is 0.783. The van der Waals surface area contributed by atoms with E-state index in [9.17, 15) is 0 Å². The Balaban J connectivity index is 1.92. The van der Waals surface area contributed by atoms with Crippen LogP contribution in [0.15, 0.2) is 24.3 Å². The van der Waals surface area contributed by atoms with Gasteiger partial charge in [-0.1, -0.05) is 55.2 Å². The van der Waals surface area contributed by atoms with Crippen LogP contribution in [0.3, 0.4) is 0 Å². The van der Waals surface area contributed by atoms with E-state index in [-0.39, 0.29) is 0 Å². The van der Waals surface area contributed by atoms with Crippen LogP contribution in [0.1, 0.15) is 37.7 Å². The Labute approximate surface area is 120 Å². The molecule has 0 aromatic heterocycles. The van der Waals surface area contributed by atoms with Gasteiger partial charge in [-0.25, -0.2) is 0 Å². The van der Waals surface area contributed by atoms with Gasteiger partial charge in [-0.05, 0) is 30.5 Å². The van der Waals surface area contributed by atoms with Crippen molar-refractivity contribution in [1.82, 2.24) is 4.90 Å². The third-order valence-corrected chi connectivity index (χ3v) is 4.47. The Morgan fingerprint density at radius 3 is 2.44 bits per heavy atom. The summed E-state index contributed by atoms with van der Waals surface area (Å²) in [4.78, 5) is 3.35. The molecular formula is C15H20ClNS. The van der Waals surface area contributed by atoms with Crippen LogP contribution in [-0.4, -0.2) is 23.0 Å². The predicted molar refractivity (Wildman–Crippen MR) is 82.4 cm³/mol. The average Bonchev–Trinajstić information content (AvgIpc) is 2.41. The lowest BCUT2D eigenvalue weighted by atomic mass is 9.94. The molecule has 1 fully saturated rings. The van der Waals surface area contributed by atoms with E-state index in [0.29, 0.717) is 6.04 Å². The summed E-state index contributed by atoms with van der Waals surface area (Å²) in [5.74, 6) is 0. The van der Waals surface area contributed by atoms with Gasteiger partial charge in [0.2, 0.25) is 0 Å². The van der Waals surface area contributed by atoms with Gasteiger partial charge in [-0.15, -0.1) is 0 Å². The second kappa shape index (κ2) is 6.53. The fourth-order valence-corrected chi connectivity index (χ4v) is 3.02. The standard InChI is InChI=1S/C15H20ClNS/c1-17(14-5-3-2-4-6-14)15(18)11-12-7-9-13(16)10-8-12/h7-10,14H,2-6,11H2,1H3. The van der Waals surface area contributed by atoms with E-state index in [1.165, 1.54) is 37.7 Å². The summed E-state index contributed by atoms with van der Waals surface area (Å²) < 4.78 is 0. The Bertz CT molecular complexity index is 395. The number of benzene rings is 1. The first-order chi connectivity index (χ1) is 8.66. The highest BCUT2D eigenvalue weighted by molar-refractivity contribution is 7.80. The molecule has 1 aromatic rings. The van der Waals surface area contributed by atoms with Crippen molar-refractivity contribution in [2.45, 2.75) is 44.6 Å². The lowest BCUT2D eigenvalue weighted by Gasteiger charge is -2.33. The van der Waals surface area contributed by atoms with Crippen molar-refractivity contribution in [3.05, 3.63) is 34.9 Å². The zero-order valence-electron chi connectivity index (χ0n) is 10.9. The highest BCUT2D eigenvalue weighted by Crippen LogP contribution is 2.22. The number of nitrogens with zero attached hydrogens (tertiary/aromatic N) is 1. The molecule has 3 heteroatoms. The minimum Gasteiger partial charge on any atom is -0.366 e. The molecule has 1 aliphatic rings. The maximum Gasteiger partial charge on any atom is 0.0823 e. The van der Waals surface area contributed by atoms with E-state index in [1.807, 2.05) is 12.1 Å². The van der Waals surface area contributed by atoms with Crippen molar-refractivity contribution in [1.29, 1.82) is 0 Å². The zero-order chi connectivity index (χ0) is 13.0. The van der Waals surface area contributed by atoms with Crippen molar-refractivity contribution in [2.24, 2.45) is 0 Å². The molecule has 0 aliphatic heterocycles. The van der Waals surface area contributed by atoms with E-state index in [1.54, 1.807) is 0 Å². The molecule has 0 saturated heterocycles. The van der Waals surface area contributed by atoms with Crippen LogP contribution in [0.2, 0.25) is 5.02 Å². The molecule has 0 amide bonds. The summed E-state index contributed by atoms with van der Waals surface area (Å²) in [6.45, 7) is 0. The monoisotopic (exact) mass is 281 g/mol. The van der Waals surface area contributed by atoms with E-state index in [2.05, 4.69) is 24.1 Å². The van der Waals surface area contributed by atoms with E-state index >= 15 is 0 Å². The second-order valence-corrected chi connectivity index (χ2v) is 6.01. The van der Waals surface area contributed by atoms with Gasteiger partial charge in [0.15, 0.2) is 0 Å². The van der Waals surface area contributed by atoms with Crippen LogP contribution >= 0.6 is 23.8 Å². The lowest BCUT2D eigenvalue weighted by molar-refractivity contribution is 0.279. The number of hydrogen-bond donors (Lipinski definition) is 0. The zero-order valence-corrected chi connectivity index (χ0v) is 12.4. The molecule has 0 radical (unpaired) electrons. The van der Waals surface area contributed by atoms with Crippen LogP contribution in [0, 0.1) is 0 Å². The maximum atomic E-state index is 5.89. The fraction of sp³-hybridized carbons (Fsp3) is 0.533. The SMILES string of the molecule is CN(C(=S)Cc1ccc(Cl)cc1)C1CCCCC1. The van der Waals surface area contributed by atoms with E-state index in [4.69, 9.17) is 23.8 Å². The molecule has 2 rings (SSSR count). The highest BCUT2D eigenvalue weighted by Gasteiger charge is 2.19. The molecule has 0 unspecified atom stereocenters. The first-order valence-electron chi connectivity index (χ1n) is 6.67. The van der Waals surface area contributed by atoms with Gasteiger partial charge in [-0.2, -0.15) is 0 Å². The lowest BCUT2D eigenvalue weighted by Crippen LogP contribution is -2.38. The summed E-state index contributed by atoms with van der Waals surface area (Å²) in [6, 6.07) is 8.63. The van der Waals surface area contributed by atoms with Gasteiger partial charge in [0, 0.05) is 24.5 Å². The van der Waals surface area contributed by atoms with Crippen LogP contribution in [0.4, 0.5) is 0 Å². The van der Waals surface area contributed by atoms with Crippen LogP contribution in [0.25, 0.3) is 0 Å². The number of rotatable bonds is 3. The number of likely N-dealkylation sites (N-methyl/N-ethyl adjacent to an activating group) is 1. The minimum atomic E-state index is 0.651. The highest BCUT2D eigenvalue weighted by atomic mass is 35.5. The molecule has 0 spiro atoms. The Morgan fingerprint density at radius 2 is 1.83 bits per heavy atom. The van der Waals surface area contributed by atoms with Crippen LogP contribution in [-0.2, 0) is 6.42 Å². The topological polar surface area (TPSA) is 3.24 Å². The van der Waals surface area contributed by atoms with Crippen molar-refractivity contribution in [3.8, 4) is 0 Å². The molecule has 1 nitrogen and oxygen atoms in total. The van der Waals surface area contributed by atoms with Gasteiger partial charge >= 0.3 is 0 Å². The molecule has 1 aliphatic carbocycles. The quantitative estimate of drug-likeness (QED) is 0.752. The molecule has 1 aromatic carbocycles. The molecule has 0 heterocycles. The first kappa shape index (κ1) is 13.8. The fourth-order valence-electron chi connectivity index (χ4n) is 2.57. The Morgan fingerprint density at radius 1 is 1.22 bits per heavy atom. The van der Waals surface area contributed by atoms with Crippen molar-refractivity contribution < 1.29 is 0 Å². The Hall–Kier alpha value is -0.600. The minimum absolute atomic E-state index is 0.651. The summed E-state index contributed by atoms with van der Waals surface area (Å²) in [5.41, 5.74) is 1.24. The summed E-state index contributed by atoms with van der Waals surface area (Å²) in [6.07, 6.45) is 7.50. The average molecular weight is 282 g/mol. The number of hydrogen-bond acceptors (Lipinski definition) is 1. The summed E-state index contributed by atoms with van der Waals surface area (Å²) >= 11 is 11.5. The predicted octanol–water partition coefficient (Wildman–Crippen LogP) is 4.47. The van der Waals surface area contributed by atoms with Gasteiger partial charge < -0.3 is 4.90 Å². The third-order valence-electron chi connectivity index (χ3n) is 3.78. The van der Waals surface area contributed by atoms with Crippen LogP contribution in [0.5, 0.6) is 0 Å². The molecule has 0 N–H and O–H groups in total. The molecule has 18 heavy (non-hydrogen) atoms. The van der Waals surface area contributed by atoms with Gasteiger partial charge in [0.25, 0.3) is 0 Å². The van der Waals surface area contributed by atoms with Crippen LogP contribution < -0.4 is 0 Å². The normalized spacial score (nSPS) is 16.6. The van der Waals surface area contributed by atoms with Crippen molar-refractivity contribution in [3.63, 3.8) is 0 Å². The maximum absolute atomic E-state index is 5.89. The summed E-state index contributed by atoms with van der Waals surface area (Å²) in [7, 11) is 2.15. The van der Waals surface area contributed by atoms with Gasteiger partial charge in [0.1, 0.15) is 0 Å². The van der Waals surface area contributed by atoms with E-state index in [0.717, 1.165) is 16.4 Å². The molecule has 1 saturated carbocycles. The largest absolute Gasteiger partial charge is 0.366 e. The third kappa shape index (κ3) is 3.69. The number of thiocarbonyl (C=S) groups is 1. The van der Waals surface area contributed by atoms with Crippen molar-refractivity contribution in [2.75, 3.05) is 7.05 Å². The first-order valence-corrected chi connectivity index (χ1v) is 7.45.